The Morgan fingerprint density at radius 2 is 1.69 bits per heavy atom. The van der Waals surface area contributed by atoms with Crippen LogP contribution in [0.2, 0.25) is 0 Å². The van der Waals surface area contributed by atoms with Gasteiger partial charge >= 0.3 is 29.6 Å². The first kappa shape index (κ1) is 12.7. The summed E-state index contributed by atoms with van der Waals surface area (Å²) in [6, 6.07) is 9.07. The maximum atomic E-state index is 10.7. The molecule has 1 aromatic rings. The maximum Gasteiger partial charge on any atom is 1.00 e. The number of hydrogen-bond acceptors (Lipinski definition) is 2. The number of carboxylic acid groups (broad SMARTS) is 1. The summed E-state index contributed by atoms with van der Waals surface area (Å²) in [5.41, 5.74) is -0.133. The molecule has 3 heteroatoms. The fourth-order valence-corrected chi connectivity index (χ4v) is 0.973. The molecule has 13 heavy (non-hydrogen) atoms. The van der Waals surface area contributed by atoms with Gasteiger partial charge < -0.3 is 9.90 Å². The molecule has 0 N–H and O–H groups in total. The smallest absolute Gasteiger partial charge is 0.549 e. The van der Waals surface area contributed by atoms with Crippen molar-refractivity contribution in [3.63, 3.8) is 0 Å². The van der Waals surface area contributed by atoms with Crippen LogP contribution < -0.4 is 34.7 Å². The number of hydrogen-bond donors (Lipinski definition) is 0. The molecule has 0 aliphatic heterocycles. The zero-order chi connectivity index (χ0) is 9.19. The Bertz CT molecular complexity index is 280. The fourth-order valence-electron chi connectivity index (χ4n) is 0.973. The van der Waals surface area contributed by atoms with E-state index in [9.17, 15) is 9.90 Å². The number of aliphatic carboxylic acids is 1. The van der Waals surface area contributed by atoms with Gasteiger partial charge in [-0.1, -0.05) is 44.2 Å². The number of carbonyl (C=O) groups excluding carboxylic acids is 1. The van der Waals surface area contributed by atoms with Crippen molar-refractivity contribution in [2.45, 2.75) is 19.3 Å². The van der Waals surface area contributed by atoms with Crippen molar-refractivity contribution in [1.29, 1.82) is 0 Å². The quantitative estimate of drug-likeness (QED) is 0.488. The Balaban J connectivity index is 0.00000144. The molecule has 1 aromatic carbocycles. The Labute approximate surface area is 100 Å². The van der Waals surface area contributed by atoms with E-state index >= 15 is 0 Å². The van der Waals surface area contributed by atoms with Crippen molar-refractivity contribution in [2.24, 2.45) is 0 Å². The van der Waals surface area contributed by atoms with E-state index < -0.39 is 11.4 Å². The minimum Gasteiger partial charge on any atom is -0.549 e. The summed E-state index contributed by atoms with van der Waals surface area (Å²) in [4.78, 5) is 10.7. The molecule has 0 saturated carbocycles. The molecule has 0 heterocycles. The van der Waals surface area contributed by atoms with E-state index in [1.165, 1.54) is 0 Å². The van der Waals surface area contributed by atoms with Gasteiger partial charge in [-0.05, 0) is 5.56 Å². The molecule has 0 amide bonds. The van der Waals surface area contributed by atoms with Gasteiger partial charge in [-0.25, -0.2) is 0 Å². The van der Waals surface area contributed by atoms with Crippen LogP contribution in [-0.4, -0.2) is 5.97 Å². The first-order valence-corrected chi connectivity index (χ1v) is 3.82. The standard InChI is InChI=1S/C10H12O2.Na/c1-10(2,9(11)12)8-6-4-3-5-7-8;/h3-7H,1-2H3,(H,11,12);/q;+1/p-1. The van der Waals surface area contributed by atoms with Crippen LogP contribution in [0.1, 0.15) is 19.4 Å². The predicted octanol–water partition coefficient (Wildman–Crippen LogP) is -2.28. The van der Waals surface area contributed by atoms with Crippen LogP contribution in [0.3, 0.4) is 0 Å². The molecule has 2 nitrogen and oxygen atoms in total. The minimum absolute atomic E-state index is 0. The summed E-state index contributed by atoms with van der Waals surface area (Å²) >= 11 is 0. The monoisotopic (exact) mass is 186 g/mol. The van der Waals surface area contributed by atoms with Crippen LogP contribution in [0.15, 0.2) is 30.3 Å². The zero-order valence-corrected chi connectivity index (χ0v) is 10.2. The Hall–Kier alpha value is -0.310. The Kier molecular flexibility index (Phi) is 4.68. The molecular formula is C10H11NaO2. The van der Waals surface area contributed by atoms with Crippen LogP contribution in [0.5, 0.6) is 0 Å². The molecule has 0 fully saturated rings. The summed E-state index contributed by atoms with van der Waals surface area (Å²) < 4.78 is 0. The van der Waals surface area contributed by atoms with Crippen molar-refractivity contribution in [1.82, 2.24) is 0 Å². The first-order chi connectivity index (χ1) is 5.55. The van der Waals surface area contributed by atoms with Crippen molar-refractivity contribution >= 4 is 5.97 Å². The largest absolute Gasteiger partial charge is 1.00 e. The number of carboxylic acids is 1. The van der Waals surface area contributed by atoms with Gasteiger partial charge in [0.25, 0.3) is 0 Å². The van der Waals surface area contributed by atoms with Crippen LogP contribution in [0, 0.1) is 0 Å². The number of rotatable bonds is 2. The molecule has 64 valence electrons. The van der Waals surface area contributed by atoms with E-state index in [-0.39, 0.29) is 29.6 Å². The fraction of sp³-hybridized carbons (Fsp3) is 0.300. The molecule has 0 saturated heterocycles. The normalized spacial score (nSPS) is 10.3. The van der Waals surface area contributed by atoms with E-state index in [1.807, 2.05) is 18.2 Å². The zero-order valence-electron chi connectivity index (χ0n) is 8.20. The van der Waals surface area contributed by atoms with E-state index in [4.69, 9.17) is 0 Å². The van der Waals surface area contributed by atoms with Gasteiger partial charge in [-0.2, -0.15) is 0 Å². The second-order valence-electron chi connectivity index (χ2n) is 3.28. The second-order valence-corrected chi connectivity index (χ2v) is 3.28. The van der Waals surface area contributed by atoms with Crippen LogP contribution in [-0.2, 0) is 10.2 Å². The molecule has 0 atom stereocenters. The van der Waals surface area contributed by atoms with Gasteiger partial charge in [-0.15, -0.1) is 0 Å². The van der Waals surface area contributed by atoms with Gasteiger partial charge in [0.1, 0.15) is 0 Å². The third-order valence-electron chi connectivity index (χ3n) is 2.01. The molecule has 0 aromatic heterocycles. The molecule has 0 radical (unpaired) electrons. The third-order valence-corrected chi connectivity index (χ3v) is 2.01. The van der Waals surface area contributed by atoms with Crippen LogP contribution >= 0.6 is 0 Å². The van der Waals surface area contributed by atoms with Crippen molar-refractivity contribution in [3.05, 3.63) is 35.9 Å². The van der Waals surface area contributed by atoms with E-state index in [1.54, 1.807) is 26.0 Å². The van der Waals surface area contributed by atoms with Crippen LogP contribution in [0.4, 0.5) is 0 Å². The topological polar surface area (TPSA) is 40.1 Å². The molecule has 0 bridgehead atoms. The molecule has 0 unspecified atom stereocenters. The van der Waals surface area contributed by atoms with E-state index in [0.29, 0.717) is 0 Å². The Morgan fingerprint density at radius 1 is 1.23 bits per heavy atom. The molecule has 1 rings (SSSR count). The van der Waals surface area contributed by atoms with Gasteiger partial charge in [0.2, 0.25) is 0 Å². The van der Waals surface area contributed by atoms with Crippen molar-refractivity contribution in [2.75, 3.05) is 0 Å². The van der Waals surface area contributed by atoms with Crippen molar-refractivity contribution < 1.29 is 39.5 Å². The number of benzene rings is 1. The summed E-state index contributed by atoms with van der Waals surface area (Å²) in [6.45, 7) is 3.27. The summed E-state index contributed by atoms with van der Waals surface area (Å²) in [7, 11) is 0. The molecule has 0 spiro atoms. The average Bonchev–Trinajstić information content (AvgIpc) is 2.06. The average molecular weight is 186 g/mol. The summed E-state index contributed by atoms with van der Waals surface area (Å²) in [5, 5.41) is 10.7. The Morgan fingerprint density at radius 3 is 2.08 bits per heavy atom. The first-order valence-electron chi connectivity index (χ1n) is 3.82. The van der Waals surface area contributed by atoms with Crippen molar-refractivity contribution in [3.8, 4) is 0 Å². The second kappa shape index (κ2) is 4.80. The van der Waals surface area contributed by atoms with E-state index in [0.717, 1.165) is 5.56 Å². The molecule has 0 aliphatic carbocycles. The third kappa shape index (κ3) is 2.83. The molecule has 0 aliphatic rings. The molecular weight excluding hydrogens is 175 g/mol. The van der Waals surface area contributed by atoms with Gasteiger partial charge in [0, 0.05) is 5.41 Å². The number of carbonyl (C=O) groups is 1. The minimum atomic E-state index is -1.05. The SMILES string of the molecule is CC(C)(C(=O)[O-])c1ccccc1.[Na+]. The van der Waals surface area contributed by atoms with Gasteiger partial charge in [0.05, 0.1) is 5.97 Å². The summed E-state index contributed by atoms with van der Waals surface area (Å²) in [5.74, 6) is -1.05. The van der Waals surface area contributed by atoms with Gasteiger partial charge in [-0.3, -0.25) is 0 Å². The summed E-state index contributed by atoms with van der Waals surface area (Å²) in [6.07, 6.45) is 0. The van der Waals surface area contributed by atoms with E-state index in [2.05, 4.69) is 0 Å². The van der Waals surface area contributed by atoms with Gasteiger partial charge in [0.15, 0.2) is 0 Å². The maximum absolute atomic E-state index is 10.7. The van der Waals surface area contributed by atoms with Crippen LogP contribution in [0.25, 0.3) is 0 Å². The predicted molar refractivity (Wildman–Crippen MR) is 44.5 cm³/mol.